The van der Waals surface area contributed by atoms with Crippen molar-refractivity contribution < 1.29 is 18.7 Å². The van der Waals surface area contributed by atoms with Gasteiger partial charge in [-0.2, -0.15) is 0 Å². The van der Waals surface area contributed by atoms with Gasteiger partial charge in [0.1, 0.15) is 23.9 Å². The average molecular weight is 516 g/mol. The Labute approximate surface area is 204 Å². The molecule has 0 aromatic heterocycles. The number of para-hydroxylation sites is 2. The number of anilines is 1. The van der Waals surface area contributed by atoms with Gasteiger partial charge in [0.05, 0.1) is 28.7 Å². The molecule has 4 rings (SSSR count). The van der Waals surface area contributed by atoms with Crippen LogP contribution in [0.4, 0.5) is 10.1 Å². The van der Waals surface area contributed by atoms with Crippen LogP contribution >= 0.6 is 15.9 Å². The second kappa shape index (κ2) is 10.6. The largest absolute Gasteiger partial charge is 0.496 e. The summed E-state index contributed by atoms with van der Waals surface area (Å²) in [4.78, 5) is 14.9. The van der Waals surface area contributed by atoms with E-state index in [4.69, 9.17) is 9.47 Å². The van der Waals surface area contributed by atoms with E-state index in [1.54, 1.807) is 18.1 Å². The van der Waals surface area contributed by atoms with Crippen molar-refractivity contribution >= 4 is 27.5 Å². The Hall–Kier alpha value is -2.60. The van der Waals surface area contributed by atoms with Crippen LogP contribution in [0.25, 0.3) is 0 Å². The number of hydrogen-bond donors (Lipinski definition) is 0. The first-order valence-corrected chi connectivity index (χ1v) is 12.1. The Morgan fingerprint density at radius 2 is 1.88 bits per heavy atom. The maximum absolute atomic E-state index is 14.5. The molecule has 1 unspecified atom stereocenters. The van der Waals surface area contributed by atoms with Crippen LogP contribution < -0.4 is 14.4 Å². The molecule has 0 radical (unpaired) electrons. The van der Waals surface area contributed by atoms with Crippen LogP contribution in [0.1, 0.15) is 52.1 Å². The highest BCUT2D eigenvalue weighted by Crippen LogP contribution is 2.55. The van der Waals surface area contributed by atoms with Gasteiger partial charge in [-0.25, -0.2) is 4.39 Å². The summed E-state index contributed by atoms with van der Waals surface area (Å²) in [5, 5.41) is 0. The third-order valence-electron chi connectivity index (χ3n) is 5.87. The number of methoxy groups -OCH3 is 1. The second-order valence-corrected chi connectivity index (χ2v) is 9.18. The molecule has 4 nitrogen and oxygen atoms in total. The van der Waals surface area contributed by atoms with Gasteiger partial charge in [-0.05, 0) is 72.5 Å². The summed E-state index contributed by atoms with van der Waals surface area (Å²) in [6.45, 7) is 8.17. The lowest BCUT2D eigenvalue weighted by molar-refractivity contribution is -0.137. The third-order valence-corrected chi connectivity index (χ3v) is 6.48. The number of nitrogens with zero attached hydrogens (tertiary/aromatic N) is 1. The van der Waals surface area contributed by atoms with Crippen LogP contribution in [0.5, 0.6) is 11.5 Å². The zero-order chi connectivity index (χ0) is 24.2. The Bertz CT molecular complexity index is 1080. The maximum Gasteiger partial charge on any atom is 0.235 e. The van der Waals surface area contributed by atoms with Gasteiger partial charge in [0.25, 0.3) is 0 Å². The molecule has 1 aliphatic carbocycles. The summed E-state index contributed by atoms with van der Waals surface area (Å²) in [6.07, 6.45) is 8.43. The van der Waals surface area contributed by atoms with E-state index in [1.807, 2.05) is 52.0 Å². The number of carbonyl (C=O) groups is 1. The molecule has 2 aromatic carbocycles. The van der Waals surface area contributed by atoms with E-state index in [9.17, 15) is 9.18 Å². The van der Waals surface area contributed by atoms with E-state index in [2.05, 4.69) is 34.2 Å². The normalized spacial score (nSPS) is 18.6. The monoisotopic (exact) mass is 515 g/mol. The molecule has 2 aliphatic rings. The van der Waals surface area contributed by atoms with Crippen molar-refractivity contribution in [3.8, 4) is 11.5 Å². The van der Waals surface area contributed by atoms with Crippen LogP contribution in [0, 0.1) is 11.2 Å². The van der Waals surface area contributed by atoms with E-state index in [0.29, 0.717) is 33.8 Å². The fourth-order valence-corrected chi connectivity index (χ4v) is 4.55. The van der Waals surface area contributed by atoms with Crippen molar-refractivity contribution in [3.05, 3.63) is 76.1 Å². The number of β-lactam (4-membered cyclic amide) rings is 1. The summed E-state index contributed by atoms with van der Waals surface area (Å²) >= 11 is 3.21. The van der Waals surface area contributed by atoms with Crippen LogP contribution in [0.3, 0.4) is 0 Å². The van der Waals surface area contributed by atoms with Crippen molar-refractivity contribution in [2.45, 2.75) is 46.6 Å². The van der Waals surface area contributed by atoms with Crippen molar-refractivity contribution in [1.82, 2.24) is 0 Å². The molecule has 1 saturated heterocycles. The number of carbonyl (C=O) groups excluding carboxylic acids is 1. The fraction of sp³-hybridized carbons (Fsp3) is 0.370. The Morgan fingerprint density at radius 3 is 2.55 bits per heavy atom. The smallest absolute Gasteiger partial charge is 0.235 e. The van der Waals surface area contributed by atoms with Crippen molar-refractivity contribution in [2.24, 2.45) is 5.41 Å². The summed E-state index contributed by atoms with van der Waals surface area (Å²) in [5.41, 5.74) is 1.70. The van der Waals surface area contributed by atoms with E-state index in [-0.39, 0.29) is 5.91 Å². The van der Waals surface area contributed by atoms with Gasteiger partial charge in [-0.15, -0.1) is 0 Å². The zero-order valence-electron chi connectivity index (χ0n) is 19.8. The number of hydrogen-bond acceptors (Lipinski definition) is 3. The molecule has 176 valence electrons. The third kappa shape index (κ3) is 4.86. The van der Waals surface area contributed by atoms with Crippen molar-refractivity contribution in [2.75, 3.05) is 18.6 Å². The maximum atomic E-state index is 14.5. The number of amides is 1. The van der Waals surface area contributed by atoms with Gasteiger partial charge < -0.3 is 9.47 Å². The average Bonchev–Trinajstić information content (AvgIpc) is 2.84. The molecule has 1 heterocycles. The quantitative estimate of drug-likeness (QED) is 0.376. The zero-order valence-corrected chi connectivity index (χ0v) is 21.4. The molecule has 33 heavy (non-hydrogen) atoms. The first-order valence-electron chi connectivity index (χ1n) is 11.3. The molecule has 1 aliphatic heterocycles. The van der Waals surface area contributed by atoms with Crippen LogP contribution in [-0.4, -0.2) is 19.6 Å². The number of ether oxygens (including phenoxy) is 2. The molecule has 0 saturated carbocycles. The van der Waals surface area contributed by atoms with Gasteiger partial charge in [0.2, 0.25) is 5.91 Å². The summed E-state index contributed by atoms with van der Waals surface area (Å²) in [7, 11) is 1.55. The van der Waals surface area contributed by atoms with Crippen molar-refractivity contribution in [1.29, 1.82) is 0 Å². The Morgan fingerprint density at radius 1 is 1.15 bits per heavy atom. The second-order valence-electron chi connectivity index (χ2n) is 8.32. The topological polar surface area (TPSA) is 38.8 Å². The molecular formula is C27H31BrFNO3. The molecule has 1 atom stereocenters. The van der Waals surface area contributed by atoms with E-state index < -0.39 is 17.3 Å². The van der Waals surface area contributed by atoms with E-state index >= 15 is 0 Å². The lowest BCUT2D eigenvalue weighted by atomic mass is 9.70. The fourth-order valence-electron chi connectivity index (χ4n) is 4.23. The molecule has 1 amide bonds. The highest BCUT2D eigenvalue weighted by molar-refractivity contribution is 9.10. The van der Waals surface area contributed by atoms with E-state index in [1.165, 1.54) is 6.07 Å². The summed E-state index contributed by atoms with van der Waals surface area (Å²) in [6, 6.07) is 10.1. The number of benzene rings is 2. The van der Waals surface area contributed by atoms with Crippen LogP contribution in [0.2, 0.25) is 0 Å². The number of allylic oxidation sites excluding steroid dienone is 2. The van der Waals surface area contributed by atoms with Gasteiger partial charge in [-0.3, -0.25) is 9.69 Å². The Balaban J connectivity index is 0.00000149. The highest BCUT2D eigenvalue weighted by Gasteiger charge is 2.57. The highest BCUT2D eigenvalue weighted by atomic mass is 79.9. The summed E-state index contributed by atoms with van der Waals surface area (Å²) in [5.74, 6) is 0.703. The van der Waals surface area contributed by atoms with Gasteiger partial charge in [0.15, 0.2) is 0 Å². The van der Waals surface area contributed by atoms with Crippen LogP contribution in [-0.2, 0) is 4.79 Å². The minimum atomic E-state index is -0.713. The minimum absolute atomic E-state index is 0.0456. The Kier molecular flexibility index (Phi) is 8.01. The van der Waals surface area contributed by atoms with Gasteiger partial charge >= 0.3 is 0 Å². The first-order chi connectivity index (χ1) is 15.8. The molecule has 1 fully saturated rings. The number of halogens is 2. The lowest BCUT2D eigenvalue weighted by Gasteiger charge is -2.53. The van der Waals surface area contributed by atoms with Crippen molar-refractivity contribution in [3.63, 3.8) is 0 Å². The molecule has 6 heteroatoms. The minimum Gasteiger partial charge on any atom is -0.496 e. The van der Waals surface area contributed by atoms with Gasteiger partial charge in [0, 0.05) is 5.56 Å². The van der Waals surface area contributed by atoms with Gasteiger partial charge in [-0.1, -0.05) is 44.2 Å². The first kappa shape index (κ1) is 25.0. The predicted octanol–water partition coefficient (Wildman–Crippen LogP) is 7.39. The molecule has 2 aromatic rings. The molecule has 0 N–H and O–H groups in total. The molecular weight excluding hydrogens is 485 g/mol. The SMILES string of the molecule is CC.COc1cc(Br)c(F)cc1C1N(c2ccccc2OCC2=CCCC=C2)C(=O)C1(C)C. The van der Waals surface area contributed by atoms with E-state index in [0.717, 1.165) is 18.4 Å². The molecule has 0 spiro atoms. The molecule has 0 bridgehead atoms. The van der Waals surface area contributed by atoms with Crippen LogP contribution in [0.15, 0.2) is 64.7 Å². The lowest BCUT2D eigenvalue weighted by Crippen LogP contribution is -2.61. The number of rotatable bonds is 6. The standard InChI is InChI=1S/C25H25BrFNO3.C2H6/c1-25(2)23(17-13-19(27)18(26)14-22(17)30-3)28(24(25)29)20-11-7-8-12-21(20)31-15-16-9-5-4-6-10-16;1-2/h5,7-14,23H,4,6,15H2,1-3H3;1-2H3. The predicted molar refractivity (Wildman–Crippen MR) is 134 cm³/mol. The summed E-state index contributed by atoms with van der Waals surface area (Å²) < 4.78 is 26.4.